The highest BCUT2D eigenvalue weighted by atomic mass is 32.2. The number of nitrogens with one attached hydrogen (secondary N) is 1. The van der Waals surface area contributed by atoms with Crippen LogP contribution in [0, 0.1) is 13.8 Å². The fourth-order valence-corrected chi connectivity index (χ4v) is 5.26. The van der Waals surface area contributed by atoms with Crippen molar-refractivity contribution in [2.45, 2.75) is 24.8 Å². The van der Waals surface area contributed by atoms with E-state index in [-0.39, 0.29) is 11.1 Å². The Morgan fingerprint density at radius 2 is 1.97 bits per heavy atom. The number of thiophene rings is 1. The van der Waals surface area contributed by atoms with Gasteiger partial charge in [-0.15, -0.1) is 21.5 Å². The van der Waals surface area contributed by atoms with Gasteiger partial charge in [0.15, 0.2) is 5.16 Å². The summed E-state index contributed by atoms with van der Waals surface area (Å²) in [6, 6.07) is 7.38. The molecule has 4 heterocycles. The lowest BCUT2D eigenvalue weighted by Gasteiger charge is -2.07. The van der Waals surface area contributed by atoms with Gasteiger partial charge in [-0.1, -0.05) is 23.9 Å². The minimum atomic E-state index is -0.119. The maximum Gasteiger partial charge on any atom is 0.262 e. The van der Waals surface area contributed by atoms with Crippen molar-refractivity contribution in [1.29, 1.82) is 0 Å². The highest BCUT2D eigenvalue weighted by Crippen LogP contribution is 2.27. The number of fused-ring (bicyclic) bond motifs is 4. The lowest BCUT2D eigenvalue weighted by atomic mass is 10.2. The second-order valence-corrected chi connectivity index (χ2v) is 8.91. The summed E-state index contributed by atoms with van der Waals surface area (Å²) < 4.78 is 3.35. The predicted molar refractivity (Wildman–Crippen MR) is 115 cm³/mol. The van der Waals surface area contributed by atoms with E-state index in [0.29, 0.717) is 33.3 Å². The minimum absolute atomic E-state index is 0.114. The lowest BCUT2D eigenvalue weighted by Crippen LogP contribution is -2.20. The van der Waals surface area contributed by atoms with Crippen LogP contribution in [0.2, 0.25) is 0 Å². The van der Waals surface area contributed by atoms with E-state index in [1.807, 2.05) is 36.4 Å². The van der Waals surface area contributed by atoms with Crippen molar-refractivity contribution in [2.24, 2.45) is 7.05 Å². The molecule has 0 aliphatic carbocycles. The van der Waals surface area contributed by atoms with Crippen LogP contribution in [-0.4, -0.2) is 29.1 Å². The van der Waals surface area contributed by atoms with Crippen LogP contribution in [0.15, 0.2) is 39.0 Å². The zero-order chi connectivity index (χ0) is 20.3. The third-order valence-electron chi connectivity index (χ3n) is 5.02. The van der Waals surface area contributed by atoms with Crippen molar-refractivity contribution >= 4 is 50.0 Å². The first-order valence-corrected chi connectivity index (χ1v) is 10.7. The first-order chi connectivity index (χ1) is 14.0. The molecule has 1 N–H and O–H groups in total. The Hall–Kier alpha value is -2.98. The van der Waals surface area contributed by atoms with Gasteiger partial charge in [-0.3, -0.25) is 18.6 Å². The Bertz CT molecular complexity index is 1540. The standard InChI is InChI=1S/C19H16N6O2S2/c1-9-10(2)29-16-14(9)15(26)20-13(21-16)8-28-19-23-22-18-24(3)17(27)11-6-4-5-7-12(11)25(18)19/h4-7H,8H2,1-3H3,(H,20,21,26). The number of aromatic amines is 1. The Morgan fingerprint density at radius 3 is 2.79 bits per heavy atom. The van der Waals surface area contributed by atoms with Crippen molar-refractivity contribution < 1.29 is 0 Å². The average Bonchev–Trinajstić information content (AvgIpc) is 3.26. The summed E-state index contributed by atoms with van der Waals surface area (Å²) in [5.41, 5.74) is 1.50. The molecule has 4 aromatic heterocycles. The molecule has 0 atom stereocenters. The number of nitrogens with zero attached hydrogens (tertiary/aromatic N) is 5. The SMILES string of the molecule is Cc1sc2nc(CSc3nnc4n(C)c(=O)c5ccccc5n34)[nH]c(=O)c2c1C. The quantitative estimate of drug-likeness (QED) is 0.447. The number of rotatable bonds is 3. The second-order valence-electron chi connectivity index (χ2n) is 6.76. The average molecular weight is 425 g/mol. The topological polar surface area (TPSA) is 97.9 Å². The molecule has 0 aliphatic heterocycles. The number of H-pyrrole nitrogens is 1. The van der Waals surface area contributed by atoms with E-state index in [0.717, 1.165) is 20.8 Å². The van der Waals surface area contributed by atoms with Gasteiger partial charge in [-0.25, -0.2) is 4.98 Å². The van der Waals surface area contributed by atoms with Crippen LogP contribution in [0.3, 0.4) is 0 Å². The van der Waals surface area contributed by atoms with Crippen LogP contribution in [-0.2, 0) is 12.8 Å². The smallest absolute Gasteiger partial charge is 0.262 e. The molecule has 0 amide bonds. The molecule has 0 radical (unpaired) electrons. The van der Waals surface area contributed by atoms with Crippen molar-refractivity contribution in [3.05, 3.63) is 61.2 Å². The van der Waals surface area contributed by atoms with Gasteiger partial charge in [0.25, 0.3) is 11.1 Å². The molecule has 0 spiro atoms. The highest BCUT2D eigenvalue weighted by molar-refractivity contribution is 7.98. The van der Waals surface area contributed by atoms with Crippen LogP contribution in [0.4, 0.5) is 0 Å². The third kappa shape index (κ3) is 2.70. The summed E-state index contributed by atoms with van der Waals surface area (Å²) in [5, 5.41) is 10.3. The molecular weight excluding hydrogens is 408 g/mol. The molecule has 0 aliphatic rings. The number of hydrogen-bond donors (Lipinski definition) is 1. The fraction of sp³-hybridized carbons (Fsp3) is 0.211. The van der Waals surface area contributed by atoms with Gasteiger partial charge < -0.3 is 4.98 Å². The van der Waals surface area contributed by atoms with Crippen molar-refractivity contribution in [3.8, 4) is 0 Å². The lowest BCUT2D eigenvalue weighted by molar-refractivity contribution is 0.853. The van der Waals surface area contributed by atoms with E-state index in [1.165, 1.54) is 27.7 Å². The van der Waals surface area contributed by atoms with E-state index in [4.69, 9.17) is 0 Å². The summed E-state index contributed by atoms with van der Waals surface area (Å²) in [7, 11) is 1.68. The molecule has 0 bridgehead atoms. The number of hydrogen-bond acceptors (Lipinski definition) is 7. The predicted octanol–water partition coefficient (Wildman–Crippen LogP) is 2.79. The van der Waals surface area contributed by atoms with Crippen LogP contribution in [0.5, 0.6) is 0 Å². The number of aromatic nitrogens is 6. The Labute approximate surface area is 172 Å². The molecular formula is C19H16N6O2S2. The molecule has 8 nitrogen and oxygen atoms in total. The maximum absolute atomic E-state index is 12.5. The van der Waals surface area contributed by atoms with E-state index in [2.05, 4.69) is 20.2 Å². The zero-order valence-electron chi connectivity index (χ0n) is 15.9. The van der Waals surface area contributed by atoms with Crippen molar-refractivity contribution in [1.82, 2.24) is 29.1 Å². The number of benzene rings is 1. The molecule has 10 heteroatoms. The molecule has 5 rings (SSSR count). The molecule has 0 fully saturated rings. The van der Waals surface area contributed by atoms with Crippen LogP contribution < -0.4 is 11.1 Å². The van der Waals surface area contributed by atoms with E-state index in [1.54, 1.807) is 13.1 Å². The summed E-state index contributed by atoms with van der Waals surface area (Å²) in [6.07, 6.45) is 0. The first kappa shape index (κ1) is 18.1. The van der Waals surface area contributed by atoms with Crippen LogP contribution >= 0.6 is 23.1 Å². The van der Waals surface area contributed by atoms with Gasteiger partial charge in [-0.05, 0) is 31.5 Å². The molecule has 29 heavy (non-hydrogen) atoms. The zero-order valence-corrected chi connectivity index (χ0v) is 17.5. The largest absolute Gasteiger partial charge is 0.309 e. The van der Waals surface area contributed by atoms with Crippen molar-refractivity contribution in [3.63, 3.8) is 0 Å². The Balaban J connectivity index is 1.59. The monoisotopic (exact) mass is 424 g/mol. The molecule has 146 valence electrons. The summed E-state index contributed by atoms with van der Waals surface area (Å²) in [4.78, 5) is 34.4. The van der Waals surface area contributed by atoms with Crippen LogP contribution in [0.1, 0.15) is 16.3 Å². The molecule has 0 saturated carbocycles. The van der Waals surface area contributed by atoms with Crippen molar-refractivity contribution in [2.75, 3.05) is 0 Å². The van der Waals surface area contributed by atoms with E-state index >= 15 is 0 Å². The number of thioether (sulfide) groups is 1. The summed E-state index contributed by atoms with van der Waals surface area (Å²) in [5.74, 6) is 1.48. The van der Waals surface area contributed by atoms with Gasteiger partial charge in [0.1, 0.15) is 10.7 Å². The fourth-order valence-electron chi connectivity index (χ4n) is 3.41. The molecule has 5 aromatic rings. The van der Waals surface area contributed by atoms with Crippen LogP contribution in [0.25, 0.3) is 26.9 Å². The first-order valence-electron chi connectivity index (χ1n) is 8.90. The number of para-hydroxylation sites is 1. The normalized spacial score (nSPS) is 11.8. The molecule has 1 aromatic carbocycles. The molecule has 0 saturated heterocycles. The molecule has 0 unspecified atom stereocenters. The second kappa shape index (κ2) is 6.53. The third-order valence-corrected chi connectivity index (χ3v) is 7.06. The van der Waals surface area contributed by atoms with Gasteiger partial charge in [0.05, 0.1) is 22.0 Å². The summed E-state index contributed by atoms with van der Waals surface area (Å²) >= 11 is 2.94. The van der Waals surface area contributed by atoms with Gasteiger partial charge in [0.2, 0.25) is 5.78 Å². The van der Waals surface area contributed by atoms with Gasteiger partial charge >= 0.3 is 0 Å². The van der Waals surface area contributed by atoms with E-state index in [9.17, 15) is 9.59 Å². The maximum atomic E-state index is 12.5. The Kier molecular flexibility index (Phi) is 4.07. The highest BCUT2D eigenvalue weighted by Gasteiger charge is 2.16. The Morgan fingerprint density at radius 1 is 1.17 bits per heavy atom. The van der Waals surface area contributed by atoms with Gasteiger partial charge in [-0.2, -0.15) is 0 Å². The minimum Gasteiger partial charge on any atom is -0.309 e. The number of aryl methyl sites for hydroxylation is 3. The van der Waals surface area contributed by atoms with E-state index < -0.39 is 0 Å². The summed E-state index contributed by atoms with van der Waals surface area (Å²) in [6.45, 7) is 3.94. The van der Waals surface area contributed by atoms with Gasteiger partial charge in [0, 0.05) is 11.9 Å².